The number of benzene rings is 2. The number of hydrogen-bond donors (Lipinski definition) is 2. The molecule has 0 amide bonds. The van der Waals surface area contributed by atoms with Crippen LogP contribution in [0.3, 0.4) is 0 Å². The van der Waals surface area contributed by atoms with Gasteiger partial charge < -0.3 is 10.6 Å². The molecule has 3 aromatic rings. The molecule has 2 N–H and O–H groups in total. The van der Waals surface area contributed by atoms with Crippen molar-refractivity contribution in [3.8, 4) is 0 Å². The van der Waals surface area contributed by atoms with Gasteiger partial charge in [0.2, 0.25) is 11.8 Å². The van der Waals surface area contributed by atoms with Gasteiger partial charge in [0.15, 0.2) is 0 Å². The highest BCUT2D eigenvalue weighted by Crippen LogP contribution is 2.32. The van der Waals surface area contributed by atoms with Crippen LogP contribution in [0.15, 0.2) is 45.3 Å². The topological polar surface area (TPSA) is 93.0 Å². The maximum Gasteiger partial charge on any atom is 0.332 e. The van der Waals surface area contributed by atoms with Crippen molar-refractivity contribution >= 4 is 60.7 Å². The van der Waals surface area contributed by atoms with E-state index in [2.05, 4.69) is 52.5 Å². The third-order valence-electron chi connectivity index (χ3n) is 4.12. The Balaban J connectivity index is 2.03. The highest BCUT2D eigenvalue weighted by atomic mass is 79.9. The molecule has 28 heavy (non-hydrogen) atoms. The van der Waals surface area contributed by atoms with Gasteiger partial charge in [-0.2, -0.15) is 4.98 Å². The maximum absolute atomic E-state index is 11.6. The van der Waals surface area contributed by atoms with Crippen LogP contribution in [0.1, 0.15) is 16.8 Å². The first-order valence-corrected chi connectivity index (χ1v) is 9.92. The number of nitro groups is 1. The Hall–Kier alpha value is -2.52. The fourth-order valence-electron chi connectivity index (χ4n) is 2.71. The summed E-state index contributed by atoms with van der Waals surface area (Å²) < 4.78 is 1.89. The van der Waals surface area contributed by atoms with Crippen molar-refractivity contribution in [3.05, 3.63) is 72.3 Å². The predicted molar refractivity (Wildman–Crippen MR) is 118 cm³/mol. The van der Waals surface area contributed by atoms with Crippen LogP contribution in [-0.2, 0) is 0 Å². The number of anilines is 4. The molecule has 0 aliphatic carbocycles. The second-order valence-electron chi connectivity index (χ2n) is 6.26. The Morgan fingerprint density at radius 2 is 1.43 bits per heavy atom. The number of aromatic nitrogens is 2. The van der Waals surface area contributed by atoms with Crippen LogP contribution in [0.4, 0.5) is 28.8 Å². The summed E-state index contributed by atoms with van der Waals surface area (Å²) in [5, 5.41) is 17.8. The molecule has 1 heterocycles. The average molecular weight is 507 g/mol. The summed E-state index contributed by atoms with van der Waals surface area (Å²) in [7, 11) is 0. The molecular formula is C19H17Br2N5O2. The number of nitrogens with one attached hydrogen (secondary N) is 2. The molecule has 7 nitrogen and oxygen atoms in total. The van der Waals surface area contributed by atoms with Gasteiger partial charge in [-0.25, -0.2) is 4.98 Å². The molecule has 3 rings (SSSR count). The molecule has 0 spiro atoms. The van der Waals surface area contributed by atoms with Crippen molar-refractivity contribution < 1.29 is 4.92 Å². The molecular weight excluding hydrogens is 490 g/mol. The van der Waals surface area contributed by atoms with Crippen LogP contribution in [0, 0.1) is 30.9 Å². The van der Waals surface area contributed by atoms with E-state index < -0.39 is 4.92 Å². The largest absolute Gasteiger partial charge is 0.334 e. The third-order valence-corrected chi connectivity index (χ3v) is 5.10. The molecule has 0 saturated carbocycles. The molecule has 0 radical (unpaired) electrons. The smallest absolute Gasteiger partial charge is 0.332 e. The molecule has 0 fully saturated rings. The standard InChI is InChI=1S/C19H17Br2N5O2/c1-10-8-13(20)4-6-15(10)23-18-17(26(27)28)12(3)22-19(25-18)24-16-7-5-14(21)9-11(16)2/h4-9H,1-3H3,(H2,22,23,24,25). The van der Waals surface area contributed by atoms with E-state index in [4.69, 9.17) is 0 Å². The summed E-state index contributed by atoms with van der Waals surface area (Å²) in [4.78, 5) is 19.8. The van der Waals surface area contributed by atoms with Crippen molar-refractivity contribution in [3.63, 3.8) is 0 Å². The van der Waals surface area contributed by atoms with Crippen LogP contribution in [-0.4, -0.2) is 14.9 Å². The van der Waals surface area contributed by atoms with E-state index in [1.807, 2.05) is 50.2 Å². The minimum absolute atomic E-state index is 0.139. The van der Waals surface area contributed by atoms with E-state index in [1.165, 1.54) is 0 Å². The van der Waals surface area contributed by atoms with E-state index in [1.54, 1.807) is 6.92 Å². The van der Waals surface area contributed by atoms with Gasteiger partial charge in [0.25, 0.3) is 0 Å². The van der Waals surface area contributed by atoms with Gasteiger partial charge >= 0.3 is 5.69 Å². The summed E-state index contributed by atoms with van der Waals surface area (Å²) >= 11 is 6.85. The number of rotatable bonds is 5. The molecule has 1 aromatic heterocycles. The summed E-state index contributed by atoms with van der Waals surface area (Å²) in [5.74, 6) is 0.422. The molecule has 0 unspecified atom stereocenters. The summed E-state index contributed by atoms with van der Waals surface area (Å²) in [6.07, 6.45) is 0. The fraction of sp³-hybridized carbons (Fsp3) is 0.158. The second-order valence-corrected chi connectivity index (χ2v) is 8.09. The van der Waals surface area contributed by atoms with Crippen molar-refractivity contribution in [2.45, 2.75) is 20.8 Å². The van der Waals surface area contributed by atoms with Crippen molar-refractivity contribution in [1.29, 1.82) is 0 Å². The fourth-order valence-corrected chi connectivity index (χ4v) is 3.66. The lowest BCUT2D eigenvalue weighted by atomic mass is 10.2. The lowest BCUT2D eigenvalue weighted by Gasteiger charge is -2.13. The first-order valence-electron chi connectivity index (χ1n) is 8.34. The van der Waals surface area contributed by atoms with Gasteiger partial charge in [-0.05, 0) is 68.3 Å². The first-order chi connectivity index (χ1) is 13.2. The quantitative estimate of drug-likeness (QED) is 0.310. The van der Waals surface area contributed by atoms with Crippen LogP contribution in [0.25, 0.3) is 0 Å². The van der Waals surface area contributed by atoms with Crippen molar-refractivity contribution in [2.24, 2.45) is 0 Å². The van der Waals surface area contributed by atoms with Crippen molar-refractivity contribution in [2.75, 3.05) is 10.6 Å². The summed E-state index contributed by atoms with van der Waals surface area (Å²) in [6.45, 7) is 5.46. The minimum atomic E-state index is -0.472. The predicted octanol–water partition coefficient (Wildman–Crippen LogP) is 6.32. The minimum Gasteiger partial charge on any atom is -0.334 e. The highest BCUT2D eigenvalue weighted by Gasteiger charge is 2.23. The number of halogens is 2. The van der Waals surface area contributed by atoms with Crippen LogP contribution < -0.4 is 10.6 Å². The summed E-state index contributed by atoms with van der Waals surface area (Å²) in [5.41, 5.74) is 3.60. The van der Waals surface area contributed by atoms with Gasteiger partial charge in [-0.1, -0.05) is 31.9 Å². The van der Waals surface area contributed by atoms with E-state index in [0.717, 1.165) is 31.4 Å². The number of aryl methyl sites for hydroxylation is 3. The van der Waals surface area contributed by atoms with Gasteiger partial charge in [0.05, 0.1) is 4.92 Å². The Morgan fingerprint density at radius 3 is 1.93 bits per heavy atom. The summed E-state index contributed by atoms with van der Waals surface area (Å²) in [6, 6.07) is 11.4. The molecule has 0 atom stereocenters. The molecule has 0 aliphatic rings. The number of nitrogens with zero attached hydrogens (tertiary/aromatic N) is 3. The zero-order chi connectivity index (χ0) is 20.4. The Morgan fingerprint density at radius 1 is 0.893 bits per heavy atom. The molecule has 2 aromatic carbocycles. The molecule has 0 saturated heterocycles. The van der Waals surface area contributed by atoms with Gasteiger partial charge in [-0.15, -0.1) is 0 Å². The maximum atomic E-state index is 11.6. The van der Waals surface area contributed by atoms with Gasteiger partial charge in [0.1, 0.15) is 5.69 Å². The van der Waals surface area contributed by atoms with E-state index in [-0.39, 0.29) is 23.1 Å². The zero-order valence-electron chi connectivity index (χ0n) is 15.4. The van der Waals surface area contributed by atoms with Gasteiger partial charge in [0, 0.05) is 20.3 Å². The molecule has 0 aliphatic heterocycles. The Bertz CT molecular complexity index is 1070. The Labute approximate surface area is 179 Å². The molecule has 9 heteroatoms. The monoisotopic (exact) mass is 505 g/mol. The van der Waals surface area contributed by atoms with E-state index >= 15 is 0 Å². The zero-order valence-corrected chi connectivity index (χ0v) is 18.6. The molecule has 144 valence electrons. The lowest BCUT2D eigenvalue weighted by molar-refractivity contribution is -0.385. The SMILES string of the molecule is Cc1cc(Br)ccc1Nc1nc(C)c([N+](=O)[O-])c(Nc2ccc(Br)cc2C)n1. The first kappa shape index (κ1) is 20.2. The van der Waals surface area contributed by atoms with Crippen LogP contribution in [0.2, 0.25) is 0 Å². The van der Waals surface area contributed by atoms with Crippen molar-refractivity contribution in [1.82, 2.24) is 9.97 Å². The van der Waals surface area contributed by atoms with Gasteiger partial charge in [-0.3, -0.25) is 10.1 Å². The second kappa shape index (κ2) is 8.24. The van der Waals surface area contributed by atoms with E-state index in [9.17, 15) is 10.1 Å². The lowest BCUT2D eigenvalue weighted by Crippen LogP contribution is -2.08. The number of hydrogen-bond acceptors (Lipinski definition) is 6. The average Bonchev–Trinajstić information content (AvgIpc) is 2.59. The normalized spacial score (nSPS) is 10.6. The highest BCUT2D eigenvalue weighted by molar-refractivity contribution is 9.10. The van der Waals surface area contributed by atoms with E-state index in [0.29, 0.717) is 0 Å². The third kappa shape index (κ3) is 4.48. The molecule has 0 bridgehead atoms. The van der Waals surface area contributed by atoms with Crippen LogP contribution >= 0.6 is 31.9 Å². The Kier molecular flexibility index (Phi) is 5.95. The van der Waals surface area contributed by atoms with Crippen LogP contribution in [0.5, 0.6) is 0 Å².